The van der Waals surface area contributed by atoms with Crippen LogP contribution in [0.25, 0.3) is 0 Å². The lowest BCUT2D eigenvalue weighted by Gasteiger charge is -2.23. The molecule has 0 rings (SSSR count). The molecule has 4 N–H and O–H groups in total. The Balaban J connectivity index is 3.54. The van der Waals surface area contributed by atoms with Crippen molar-refractivity contribution in [3.05, 3.63) is 24.3 Å². The van der Waals surface area contributed by atoms with Gasteiger partial charge in [-0.25, -0.2) is 0 Å². The Bertz CT molecular complexity index is 936. The summed E-state index contributed by atoms with van der Waals surface area (Å²) in [4.78, 5) is 12.6. The van der Waals surface area contributed by atoms with Gasteiger partial charge in [-0.2, -0.15) is 0 Å². The lowest BCUT2D eigenvalue weighted by Crippen LogP contribution is -2.49. The number of aliphatic hydroxyl groups excluding tert-OH is 3. The maximum atomic E-state index is 12.6. The lowest BCUT2D eigenvalue weighted by molar-refractivity contribution is -0.131. The van der Waals surface area contributed by atoms with Gasteiger partial charge in [0.1, 0.15) is 6.10 Å². The fraction of sp³-hybridized carbons (Fsp3) is 0.914. The van der Waals surface area contributed by atoms with Crippen molar-refractivity contribution in [3.63, 3.8) is 0 Å². The van der Waals surface area contributed by atoms with Crippen molar-refractivity contribution in [2.75, 3.05) is 6.61 Å². The van der Waals surface area contributed by atoms with E-state index < -0.39 is 24.2 Å². The van der Waals surface area contributed by atoms with Crippen molar-refractivity contribution in [1.29, 1.82) is 0 Å². The summed E-state index contributed by atoms with van der Waals surface area (Å²) in [6.07, 6.45) is 67.9. The normalized spacial score (nSPS) is 13.4. The fourth-order valence-electron chi connectivity index (χ4n) is 9.11. The predicted molar refractivity (Wildman–Crippen MR) is 278 cm³/mol. The third-order valence-electron chi connectivity index (χ3n) is 13.6. The number of carbonyl (C=O) groups excluding carboxylic acids is 1. The molecule has 0 radical (unpaired) electrons. The maximum Gasteiger partial charge on any atom is 0.249 e. The molecule has 1 amide bonds. The zero-order valence-corrected chi connectivity index (χ0v) is 42.7. The molecule has 3 atom stereocenters. The summed E-state index contributed by atoms with van der Waals surface area (Å²) in [7, 11) is 0. The molecule has 5 nitrogen and oxygen atoms in total. The van der Waals surface area contributed by atoms with Gasteiger partial charge in [-0.1, -0.05) is 295 Å². The predicted octanol–water partition coefficient (Wildman–Crippen LogP) is 17.7. The molecule has 374 valence electrons. The van der Waals surface area contributed by atoms with Gasteiger partial charge < -0.3 is 20.6 Å². The van der Waals surface area contributed by atoms with E-state index in [4.69, 9.17) is 0 Å². The zero-order valence-electron chi connectivity index (χ0n) is 42.7. The van der Waals surface area contributed by atoms with Crippen LogP contribution < -0.4 is 5.32 Å². The second kappa shape index (κ2) is 53.4. The SMILES string of the molecule is CCCCCCCCCCC/C=C\C/C=C\CCCCCCCCCCCCC(O)C(=O)NC(CO)C(O)CCCCCCCCCCCCCCCCCCCCCCCCC. The van der Waals surface area contributed by atoms with Gasteiger partial charge in [-0.3, -0.25) is 4.79 Å². The molecular weight excluding hydrogens is 775 g/mol. The van der Waals surface area contributed by atoms with Crippen LogP contribution in [0.1, 0.15) is 316 Å². The lowest BCUT2D eigenvalue weighted by atomic mass is 10.0. The molecular formula is C58H113NO4. The summed E-state index contributed by atoms with van der Waals surface area (Å²) in [5, 5.41) is 33.6. The van der Waals surface area contributed by atoms with E-state index in [-0.39, 0.29) is 6.61 Å². The molecule has 0 spiro atoms. The molecule has 0 saturated heterocycles. The molecule has 0 aliphatic rings. The van der Waals surface area contributed by atoms with Crippen LogP contribution in [0.2, 0.25) is 0 Å². The topological polar surface area (TPSA) is 89.8 Å². The summed E-state index contributed by atoms with van der Waals surface area (Å²) in [6.45, 7) is 4.27. The van der Waals surface area contributed by atoms with Crippen molar-refractivity contribution in [2.45, 2.75) is 334 Å². The fourth-order valence-corrected chi connectivity index (χ4v) is 9.11. The average Bonchev–Trinajstić information content (AvgIpc) is 3.29. The number of unbranched alkanes of at least 4 members (excludes halogenated alkanes) is 41. The molecule has 0 aromatic rings. The van der Waals surface area contributed by atoms with Crippen LogP contribution in [-0.4, -0.2) is 46.1 Å². The molecule has 0 saturated carbocycles. The van der Waals surface area contributed by atoms with Gasteiger partial charge in [0.25, 0.3) is 0 Å². The number of nitrogens with one attached hydrogen (secondary N) is 1. The first kappa shape index (κ1) is 61.8. The smallest absolute Gasteiger partial charge is 0.249 e. The Kier molecular flexibility index (Phi) is 52.5. The highest BCUT2D eigenvalue weighted by Gasteiger charge is 2.23. The van der Waals surface area contributed by atoms with Crippen molar-refractivity contribution >= 4 is 5.91 Å². The van der Waals surface area contributed by atoms with Crippen LogP contribution in [0.4, 0.5) is 0 Å². The van der Waals surface area contributed by atoms with Gasteiger partial charge in [0.15, 0.2) is 0 Å². The Morgan fingerprint density at radius 1 is 0.381 bits per heavy atom. The van der Waals surface area contributed by atoms with Gasteiger partial charge in [0, 0.05) is 0 Å². The van der Waals surface area contributed by atoms with Crippen molar-refractivity contribution in [2.24, 2.45) is 0 Å². The summed E-state index contributed by atoms with van der Waals surface area (Å²) in [6, 6.07) is -0.713. The third-order valence-corrected chi connectivity index (χ3v) is 13.6. The minimum absolute atomic E-state index is 0.312. The summed E-state index contributed by atoms with van der Waals surface area (Å²) < 4.78 is 0. The molecule has 3 unspecified atom stereocenters. The number of carbonyl (C=O) groups is 1. The highest BCUT2D eigenvalue weighted by atomic mass is 16.3. The van der Waals surface area contributed by atoms with Gasteiger partial charge in [0.2, 0.25) is 5.91 Å². The van der Waals surface area contributed by atoms with Gasteiger partial charge in [-0.05, 0) is 44.9 Å². The number of allylic oxidation sites excluding steroid dienone is 4. The van der Waals surface area contributed by atoms with E-state index in [0.29, 0.717) is 12.8 Å². The zero-order chi connectivity index (χ0) is 45.8. The number of rotatable bonds is 53. The van der Waals surface area contributed by atoms with Crippen LogP contribution in [0.3, 0.4) is 0 Å². The molecule has 5 heteroatoms. The largest absolute Gasteiger partial charge is 0.394 e. The first-order chi connectivity index (χ1) is 31.1. The van der Waals surface area contributed by atoms with E-state index in [2.05, 4.69) is 43.5 Å². The minimum Gasteiger partial charge on any atom is -0.394 e. The molecule has 63 heavy (non-hydrogen) atoms. The van der Waals surface area contributed by atoms with E-state index >= 15 is 0 Å². The van der Waals surface area contributed by atoms with Gasteiger partial charge >= 0.3 is 0 Å². The monoisotopic (exact) mass is 888 g/mol. The Labute approximate surface area is 394 Å². The van der Waals surface area contributed by atoms with Crippen LogP contribution in [0.5, 0.6) is 0 Å². The molecule has 0 aromatic heterocycles. The second-order valence-corrected chi connectivity index (χ2v) is 19.9. The highest BCUT2D eigenvalue weighted by Crippen LogP contribution is 2.18. The van der Waals surface area contributed by atoms with E-state index in [1.165, 1.54) is 250 Å². The van der Waals surface area contributed by atoms with E-state index in [1.54, 1.807) is 0 Å². The number of amides is 1. The quantitative estimate of drug-likeness (QED) is 0.0362. The van der Waals surface area contributed by atoms with Gasteiger partial charge in [0.05, 0.1) is 18.8 Å². The van der Waals surface area contributed by atoms with Crippen LogP contribution in [-0.2, 0) is 4.79 Å². The van der Waals surface area contributed by atoms with E-state index in [1.807, 2.05) is 0 Å². The molecule has 0 aromatic carbocycles. The molecule has 0 bridgehead atoms. The Morgan fingerprint density at radius 2 is 0.651 bits per heavy atom. The second-order valence-electron chi connectivity index (χ2n) is 19.9. The molecule has 0 fully saturated rings. The Hall–Kier alpha value is -1.17. The number of hydrogen-bond donors (Lipinski definition) is 4. The van der Waals surface area contributed by atoms with E-state index in [9.17, 15) is 20.1 Å². The number of hydrogen-bond acceptors (Lipinski definition) is 4. The van der Waals surface area contributed by atoms with Crippen molar-refractivity contribution < 1.29 is 20.1 Å². The van der Waals surface area contributed by atoms with Crippen molar-refractivity contribution in [1.82, 2.24) is 5.32 Å². The first-order valence-electron chi connectivity index (χ1n) is 28.6. The maximum absolute atomic E-state index is 12.6. The minimum atomic E-state index is -1.08. The summed E-state index contributed by atoms with van der Waals surface area (Å²) in [5.74, 6) is -0.468. The molecule has 0 aliphatic carbocycles. The van der Waals surface area contributed by atoms with Crippen molar-refractivity contribution in [3.8, 4) is 0 Å². The average molecular weight is 889 g/mol. The van der Waals surface area contributed by atoms with Crippen LogP contribution in [0, 0.1) is 0 Å². The number of aliphatic hydroxyl groups is 3. The summed E-state index contributed by atoms with van der Waals surface area (Å²) in [5.41, 5.74) is 0. The highest BCUT2D eigenvalue weighted by molar-refractivity contribution is 5.80. The standard InChI is InChI=1S/C58H113NO4/c1-3-5-7-9-11-13-15-17-19-21-23-25-27-28-29-31-33-35-37-39-41-43-45-47-49-51-53-57(62)58(63)59-55(54-60)56(61)52-50-48-46-44-42-40-38-36-34-32-30-26-24-22-20-18-16-14-12-10-8-6-4-2/h23,25,28-29,55-57,60-62H,3-22,24,26-27,30-54H2,1-2H3,(H,59,63)/b25-23-,29-28-. The molecule has 0 aliphatic heterocycles. The van der Waals surface area contributed by atoms with Crippen LogP contribution in [0.15, 0.2) is 24.3 Å². The molecule has 0 heterocycles. The summed E-state index contributed by atoms with van der Waals surface area (Å²) >= 11 is 0. The van der Waals surface area contributed by atoms with E-state index in [0.717, 1.165) is 38.5 Å². The first-order valence-corrected chi connectivity index (χ1v) is 28.6. The van der Waals surface area contributed by atoms with Gasteiger partial charge in [-0.15, -0.1) is 0 Å². The Morgan fingerprint density at radius 3 is 0.952 bits per heavy atom. The van der Waals surface area contributed by atoms with Crippen LogP contribution >= 0.6 is 0 Å². The third kappa shape index (κ3) is 48.6.